The van der Waals surface area contributed by atoms with Gasteiger partial charge in [0.1, 0.15) is 11.1 Å². The zero-order valence-electron chi connectivity index (χ0n) is 13.5. The number of aromatic nitrogens is 1. The van der Waals surface area contributed by atoms with Crippen LogP contribution in [0.25, 0.3) is 0 Å². The van der Waals surface area contributed by atoms with Crippen LogP contribution in [0.1, 0.15) is 47.7 Å². The van der Waals surface area contributed by atoms with Crippen LogP contribution >= 0.6 is 35.0 Å². The summed E-state index contributed by atoms with van der Waals surface area (Å²) in [7, 11) is 0. The third kappa shape index (κ3) is 3.57. The third-order valence-corrected chi connectivity index (χ3v) is 6.16. The molecule has 2 aromatic rings. The topological polar surface area (TPSA) is 36.7 Å². The van der Waals surface area contributed by atoms with E-state index < -0.39 is 0 Å². The summed E-state index contributed by atoms with van der Waals surface area (Å²) >= 11 is 13.7. The lowest BCUT2D eigenvalue weighted by Crippen LogP contribution is -2.12. The Morgan fingerprint density at radius 3 is 2.58 bits per heavy atom. The van der Waals surface area contributed by atoms with E-state index >= 15 is 0 Å². The Hall–Kier alpha value is -1.21. The number of nitriles is 1. The number of rotatable bonds is 4. The first-order valence-corrected chi connectivity index (χ1v) is 9.89. The van der Waals surface area contributed by atoms with Gasteiger partial charge in [-0.2, -0.15) is 5.26 Å². The van der Waals surface area contributed by atoms with Crippen molar-refractivity contribution in [1.29, 1.82) is 5.26 Å². The summed E-state index contributed by atoms with van der Waals surface area (Å²) in [5.74, 6) is 0.723. The van der Waals surface area contributed by atoms with E-state index in [-0.39, 0.29) is 0 Å². The van der Waals surface area contributed by atoms with Crippen LogP contribution in [-0.2, 0) is 25.0 Å². The van der Waals surface area contributed by atoms with Crippen LogP contribution in [0.2, 0.25) is 10.0 Å². The third-order valence-electron chi connectivity index (χ3n) is 4.37. The first-order valence-electron chi connectivity index (χ1n) is 8.15. The fraction of sp³-hybridized carbons (Fsp3) is 0.368. The Kier molecular flexibility index (Phi) is 5.71. The summed E-state index contributed by atoms with van der Waals surface area (Å²) in [5.41, 5.74) is 5.55. The van der Waals surface area contributed by atoms with E-state index in [2.05, 4.69) is 13.0 Å². The molecule has 1 aromatic heterocycles. The average Bonchev–Trinajstić information content (AvgIpc) is 2.61. The number of nitrogens with zero attached hydrogens (tertiary/aromatic N) is 2. The van der Waals surface area contributed by atoms with E-state index in [1.54, 1.807) is 11.8 Å². The molecule has 0 saturated heterocycles. The molecule has 0 fully saturated rings. The molecular formula is C19H18Cl2N2S. The van der Waals surface area contributed by atoms with Crippen molar-refractivity contribution in [3.05, 3.63) is 56.2 Å². The number of aryl methyl sites for hydroxylation is 1. The highest BCUT2D eigenvalue weighted by molar-refractivity contribution is 7.98. The van der Waals surface area contributed by atoms with Crippen molar-refractivity contribution in [1.82, 2.24) is 4.98 Å². The Morgan fingerprint density at radius 2 is 1.92 bits per heavy atom. The van der Waals surface area contributed by atoms with Gasteiger partial charge >= 0.3 is 0 Å². The monoisotopic (exact) mass is 376 g/mol. The normalized spacial score (nSPS) is 13.4. The minimum Gasteiger partial charge on any atom is -0.245 e. The molecule has 0 N–H and O–H groups in total. The molecule has 0 saturated carbocycles. The minimum atomic E-state index is 0.558. The molecule has 5 heteroatoms. The fourth-order valence-electron chi connectivity index (χ4n) is 3.17. The molecule has 0 unspecified atom stereocenters. The number of benzene rings is 1. The molecular weight excluding hydrogens is 359 g/mol. The van der Waals surface area contributed by atoms with E-state index in [0.717, 1.165) is 53.3 Å². The minimum absolute atomic E-state index is 0.558. The quantitative estimate of drug-likeness (QED) is 0.614. The van der Waals surface area contributed by atoms with E-state index in [9.17, 15) is 5.26 Å². The molecule has 24 heavy (non-hydrogen) atoms. The number of fused-ring (bicyclic) bond motifs is 1. The lowest BCUT2D eigenvalue weighted by Gasteiger charge is -2.21. The van der Waals surface area contributed by atoms with Crippen LogP contribution in [0.15, 0.2) is 23.2 Å². The molecule has 1 heterocycles. The van der Waals surface area contributed by atoms with Gasteiger partial charge in [0, 0.05) is 11.4 Å². The second kappa shape index (κ2) is 7.78. The summed E-state index contributed by atoms with van der Waals surface area (Å²) < 4.78 is 0. The van der Waals surface area contributed by atoms with Crippen molar-refractivity contribution >= 4 is 35.0 Å². The average molecular weight is 377 g/mol. The predicted octanol–water partition coefficient (Wildman–Crippen LogP) is 5.99. The highest BCUT2D eigenvalue weighted by atomic mass is 35.5. The number of hydrogen-bond donors (Lipinski definition) is 0. The summed E-state index contributed by atoms with van der Waals surface area (Å²) in [6.07, 6.45) is 5.31. The van der Waals surface area contributed by atoms with Crippen LogP contribution in [-0.4, -0.2) is 4.98 Å². The summed E-state index contributed by atoms with van der Waals surface area (Å²) in [6, 6.07) is 8.05. The SMILES string of the molecule is CCc1nc(SCc2ccc(Cl)c(Cl)c2)c(C#N)c2c1CCCC2. The standard InChI is InChI=1S/C19H18Cl2N2S/c1-2-18-14-6-4-3-5-13(14)15(10-22)19(23-18)24-11-12-7-8-16(20)17(21)9-12/h7-9H,2-6,11H2,1H3. The summed E-state index contributed by atoms with van der Waals surface area (Å²) in [5, 5.41) is 11.6. The second-order valence-corrected chi connectivity index (χ2v) is 7.68. The van der Waals surface area contributed by atoms with E-state index in [0.29, 0.717) is 10.0 Å². The van der Waals surface area contributed by atoms with Crippen molar-refractivity contribution in [2.75, 3.05) is 0 Å². The van der Waals surface area contributed by atoms with Crippen LogP contribution in [0, 0.1) is 11.3 Å². The highest BCUT2D eigenvalue weighted by Crippen LogP contribution is 2.34. The Bertz CT molecular complexity index is 812. The molecule has 0 amide bonds. The van der Waals surface area contributed by atoms with Crippen molar-refractivity contribution < 1.29 is 0 Å². The molecule has 1 aliphatic rings. The molecule has 0 aliphatic heterocycles. The first-order chi connectivity index (χ1) is 11.6. The molecule has 2 nitrogen and oxygen atoms in total. The van der Waals surface area contributed by atoms with Gasteiger partial charge in [0.25, 0.3) is 0 Å². The van der Waals surface area contributed by atoms with Gasteiger partial charge in [-0.05, 0) is 60.9 Å². The van der Waals surface area contributed by atoms with Crippen molar-refractivity contribution in [3.8, 4) is 6.07 Å². The zero-order valence-corrected chi connectivity index (χ0v) is 15.9. The molecule has 1 aliphatic carbocycles. The van der Waals surface area contributed by atoms with Gasteiger partial charge < -0.3 is 0 Å². The molecule has 0 atom stereocenters. The largest absolute Gasteiger partial charge is 0.245 e. The van der Waals surface area contributed by atoms with Crippen LogP contribution in [0.3, 0.4) is 0 Å². The summed E-state index contributed by atoms with van der Waals surface area (Å²) in [6.45, 7) is 2.14. The first kappa shape index (κ1) is 17.6. The van der Waals surface area contributed by atoms with Gasteiger partial charge in [0.15, 0.2) is 0 Å². The van der Waals surface area contributed by atoms with Gasteiger partial charge in [0.05, 0.1) is 15.6 Å². The zero-order chi connectivity index (χ0) is 17.1. The Balaban J connectivity index is 1.92. The van der Waals surface area contributed by atoms with E-state index in [1.165, 1.54) is 17.5 Å². The van der Waals surface area contributed by atoms with Crippen LogP contribution in [0.4, 0.5) is 0 Å². The van der Waals surface area contributed by atoms with E-state index in [1.807, 2.05) is 18.2 Å². The Labute approximate surface area is 157 Å². The molecule has 3 rings (SSSR count). The van der Waals surface area contributed by atoms with Crippen LogP contribution in [0.5, 0.6) is 0 Å². The van der Waals surface area contributed by atoms with Gasteiger partial charge in [-0.1, -0.05) is 36.2 Å². The molecule has 0 radical (unpaired) electrons. The van der Waals surface area contributed by atoms with Gasteiger partial charge in [-0.25, -0.2) is 4.98 Å². The predicted molar refractivity (Wildman–Crippen MR) is 101 cm³/mol. The molecule has 0 spiro atoms. The Morgan fingerprint density at radius 1 is 1.17 bits per heavy atom. The molecule has 1 aromatic carbocycles. The van der Waals surface area contributed by atoms with E-state index in [4.69, 9.17) is 28.2 Å². The number of halogens is 2. The van der Waals surface area contributed by atoms with Gasteiger partial charge in [-0.15, -0.1) is 11.8 Å². The highest BCUT2D eigenvalue weighted by Gasteiger charge is 2.21. The lowest BCUT2D eigenvalue weighted by atomic mass is 9.87. The molecule has 0 bridgehead atoms. The lowest BCUT2D eigenvalue weighted by molar-refractivity contribution is 0.664. The number of thioether (sulfide) groups is 1. The fourth-order valence-corrected chi connectivity index (χ4v) is 4.46. The van der Waals surface area contributed by atoms with Gasteiger partial charge in [-0.3, -0.25) is 0 Å². The number of hydrogen-bond acceptors (Lipinski definition) is 3. The smallest absolute Gasteiger partial charge is 0.115 e. The second-order valence-electron chi connectivity index (χ2n) is 5.91. The summed E-state index contributed by atoms with van der Waals surface area (Å²) in [4.78, 5) is 4.81. The van der Waals surface area contributed by atoms with Crippen molar-refractivity contribution in [2.24, 2.45) is 0 Å². The number of pyridine rings is 1. The molecule has 124 valence electrons. The maximum atomic E-state index is 9.67. The maximum Gasteiger partial charge on any atom is 0.115 e. The maximum absolute atomic E-state index is 9.67. The van der Waals surface area contributed by atoms with Crippen molar-refractivity contribution in [2.45, 2.75) is 49.8 Å². The van der Waals surface area contributed by atoms with Crippen LogP contribution < -0.4 is 0 Å². The van der Waals surface area contributed by atoms with Crippen molar-refractivity contribution in [3.63, 3.8) is 0 Å². The van der Waals surface area contributed by atoms with Gasteiger partial charge in [0.2, 0.25) is 0 Å².